The van der Waals surface area contributed by atoms with Gasteiger partial charge in [-0.15, -0.1) is 11.3 Å². The van der Waals surface area contributed by atoms with Gasteiger partial charge >= 0.3 is 0 Å². The maximum absolute atomic E-state index is 6.70. The van der Waals surface area contributed by atoms with Gasteiger partial charge in [0, 0.05) is 33.5 Å². The highest BCUT2D eigenvalue weighted by Crippen LogP contribution is 2.41. The zero-order chi connectivity index (χ0) is 34.2. The molecule has 11 aromatic rings. The first-order chi connectivity index (χ1) is 25.7. The second-order valence-electron chi connectivity index (χ2n) is 13.0. The lowest BCUT2D eigenvalue weighted by Gasteiger charge is -2.13. The lowest BCUT2D eigenvalue weighted by atomic mass is 9.97. The van der Waals surface area contributed by atoms with Gasteiger partial charge in [-0.05, 0) is 56.6 Å². The SMILES string of the molecule is c1ccc(-c2nc3cc4oc5c(-c6nc(-c7ccc8ccccc8c7)nc(-c7cc8ccccc8c8ccccc78)n6)cccc5c4cc3s2)cc1. The number of nitrogens with zero attached hydrogens (tertiary/aromatic N) is 4. The molecule has 0 saturated carbocycles. The average Bonchev–Trinajstić information content (AvgIpc) is 3.80. The summed E-state index contributed by atoms with van der Waals surface area (Å²) in [4.78, 5) is 20.6. The molecule has 0 atom stereocenters. The molecule has 11 rings (SSSR count). The lowest BCUT2D eigenvalue weighted by molar-refractivity contribution is 0.670. The maximum Gasteiger partial charge on any atom is 0.167 e. The van der Waals surface area contributed by atoms with Gasteiger partial charge in [0.25, 0.3) is 0 Å². The molecule has 0 aliphatic rings. The van der Waals surface area contributed by atoms with Crippen LogP contribution in [0.4, 0.5) is 0 Å². The van der Waals surface area contributed by atoms with Crippen molar-refractivity contribution < 1.29 is 4.42 Å². The molecule has 6 heteroatoms. The molecule has 0 aliphatic carbocycles. The monoisotopic (exact) mass is 682 g/mol. The molecule has 0 aliphatic heterocycles. The predicted molar refractivity (Wildman–Crippen MR) is 215 cm³/mol. The van der Waals surface area contributed by atoms with E-state index in [1.54, 1.807) is 11.3 Å². The summed E-state index contributed by atoms with van der Waals surface area (Å²) in [5.41, 5.74) is 6.24. The van der Waals surface area contributed by atoms with E-state index in [0.29, 0.717) is 17.5 Å². The van der Waals surface area contributed by atoms with Gasteiger partial charge < -0.3 is 4.42 Å². The highest BCUT2D eigenvalue weighted by atomic mass is 32.1. The summed E-state index contributed by atoms with van der Waals surface area (Å²) in [5, 5.41) is 9.92. The molecular weight excluding hydrogens is 657 g/mol. The molecule has 242 valence electrons. The van der Waals surface area contributed by atoms with Gasteiger partial charge in [-0.3, -0.25) is 0 Å². The number of benzene rings is 8. The van der Waals surface area contributed by atoms with Crippen molar-refractivity contribution in [1.29, 1.82) is 0 Å². The Morgan fingerprint density at radius 2 is 1.10 bits per heavy atom. The van der Waals surface area contributed by atoms with Gasteiger partial charge in [-0.25, -0.2) is 19.9 Å². The van der Waals surface area contributed by atoms with Crippen LogP contribution in [-0.2, 0) is 0 Å². The van der Waals surface area contributed by atoms with E-state index in [2.05, 4.69) is 133 Å². The highest BCUT2D eigenvalue weighted by Gasteiger charge is 2.20. The zero-order valence-corrected chi connectivity index (χ0v) is 28.4. The summed E-state index contributed by atoms with van der Waals surface area (Å²) in [6.07, 6.45) is 0. The van der Waals surface area contributed by atoms with Crippen molar-refractivity contribution in [2.45, 2.75) is 0 Å². The summed E-state index contributed by atoms with van der Waals surface area (Å²) in [7, 11) is 0. The highest BCUT2D eigenvalue weighted by molar-refractivity contribution is 7.21. The van der Waals surface area contributed by atoms with Crippen LogP contribution in [-0.4, -0.2) is 19.9 Å². The summed E-state index contributed by atoms with van der Waals surface area (Å²) in [6, 6.07) is 54.7. The second kappa shape index (κ2) is 11.4. The van der Waals surface area contributed by atoms with Crippen LogP contribution in [0.1, 0.15) is 0 Å². The smallest absolute Gasteiger partial charge is 0.167 e. The van der Waals surface area contributed by atoms with E-state index < -0.39 is 0 Å². The number of rotatable bonds is 4. The number of furan rings is 1. The first kappa shape index (κ1) is 29.0. The molecule has 0 bridgehead atoms. The fraction of sp³-hybridized carbons (Fsp3) is 0. The quantitative estimate of drug-likeness (QED) is 0.173. The average molecular weight is 683 g/mol. The molecule has 0 saturated heterocycles. The predicted octanol–water partition coefficient (Wildman–Crippen LogP) is 12.5. The number of hydrogen-bond acceptors (Lipinski definition) is 6. The molecule has 52 heavy (non-hydrogen) atoms. The van der Waals surface area contributed by atoms with Crippen LogP contribution in [0.3, 0.4) is 0 Å². The van der Waals surface area contributed by atoms with Crippen molar-refractivity contribution in [2.24, 2.45) is 0 Å². The van der Waals surface area contributed by atoms with E-state index in [-0.39, 0.29) is 0 Å². The fourth-order valence-corrected chi connectivity index (χ4v) is 8.40. The Morgan fingerprint density at radius 3 is 1.96 bits per heavy atom. The summed E-state index contributed by atoms with van der Waals surface area (Å²) in [6.45, 7) is 0. The number of fused-ring (bicyclic) bond motifs is 8. The largest absolute Gasteiger partial charge is 0.455 e. The molecule has 8 aromatic carbocycles. The maximum atomic E-state index is 6.70. The molecule has 0 amide bonds. The van der Waals surface area contributed by atoms with E-state index in [1.165, 1.54) is 10.8 Å². The van der Waals surface area contributed by atoms with Crippen LogP contribution in [0.2, 0.25) is 0 Å². The van der Waals surface area contributed by atoms with Gasteiger partial charge in [0.15, 0.2) is 17.5 Å². The minimum absolute atomic E-state index is 0.557. The third-order valence-corrected chi connectivity index (χ3v) is 11.0. The molecular formula is C46H26N4OS. The first-order valence-electron chi connectivity index (χ1n) is 17.2. The standard InChI is InChI=1S/C46H26N4OS/c1-2-12-28(13-3-1)46-47-39-26-40-37(25-41(39)52-46)35-19-10-20-36(42(35)51-40)44-48-43(31-22-21-27-11-4-5-14-29(27)23-31)49-45(50-44)38-24-30-15-6-7-16-32(30)33-17-8-9-18-34(33)38/h1-26H. The molecule has 0 radical (unpaired) electrons. The van der Waals surface area contributed by atoms with Crippen LogP contribution in [0, 0.1) is 0 Å². The Balaban J connectivity index is 1.15. The number of para-hydroxylation sites is 1. The molecule has 0 unspecified atom stereocenters. The molecule has 5 nitrogen and oxygen atoms in total. The van der Waals surface area contributed by atoms with Crippen molar-refractivity contribution in [3.05, 3.63) is 158 Å². The Morgan fingerprint density at radius 1 is 0.404 bits per heavy atom. The van der Waals surface area contributed by atoms with E-state index in [4.69, 9.17) is 24.4 Å². The first-order valence-corrected chi connectivity index (χ1v) is 18.0. The van der Waals surface area contributed by atoms with Crippen molar-refractivity contribution in [2.75, 3.05) is 0 Å². The summed E-state index contributed by atoms with van der Waals surface area (Å²) in [5.74, 6) is 1.77. The fourth-order valence-electron chi connectivity index (χ4n) is 7.41. The van der Waals surface area contributed by atoms with Crippen LogP contribution in [0.5, 0.6) is 0 Å². The van der Waals surface area contributed by atoms with Gasteiger partial charge in [-0.1, -0.05) is 127 Å². The molecule has 3 heterocycles. The Labute approximate surface area is 301 Å². The summed E-state index contributed by atoms with van der Waals surface area (Å²) >= 11 is 1.69. The van der Waals surface area contributed by atoms with Crippen LogP contribution < -0.4 is 0 Å². The number of aromatic nitrogens is 4. The Kier molecular flexibility index (Phi) is 6.35. The van der Waals surface area contributed by atoms with Crippen LogP contribution in [0.15, 0.2) is 162 Å². The van der Waals surface area contributed by atoms with Gasteiger partial charge in [0.1, 0.15) is 16.2 Å². The second-order valence-corrected chi connectivity index (χ2v) is 14.1. The third kappa shape index (κ3) is 4.62. The number of hydrogen-bond donors (Lipinski definition) is 0. The van der Waals surface area contributed by atoms with E-state index in [9.17, 15) is 0 Å². The normalized spacial score (nSPS) is 11.8. The molecule has 0 fully saturated rings. The lowest BCUT2D eigenvalue weighted by Crippen LogP contribution is -2.01. The third-order valence-electron chi connectivity index (χ3n) is 9.92. The zero-order valence-electron chi connectivity index (χ0n) is 27.6. The number of thiazole rings is 1. The molecule has 0 spiro atoms. The Hall–Kier alpha value is -6.76. The van der Waals surface area contributed by atoms with Gasteiger partial charge in [0.05, 0.1) is 15.8 Å². The van der Waals surface area contributed by atoms with E-state index in [0.717, 1.165) is 81.0 Å². The van der Waals surface area contributed by atoms with Crippen molar-refractivity contribution in [1.82, 2.24) is 19.9 Å². The van der Waals surface area contributed by atoms with Gasteiger partial charge in [0.2, 0.25) is 0 Å². The van der Waals surface area contributed by atoms with Crippen LogP contribution >= 0.6 is 11.3 Å². The minimum atomic E-state index is 0.557. The molecule has 3 aromatic heterocycles. The Bertz CT molecular complexity index is 3200. The summed E-state index contributed by atoms with van der Waals surface area (Å²) < 4.78 is 7.82. The van der Waals surface area contributed by atoms with E-state index >= 15 is 0 Å². The van der Waals surface area contributed by atoms with Crippen LogP contribution in [0.25, 0.3) is 109 Å². The van der Waals surface area contributed by atoms with Crippen molar-refractivity contribution in [3.8, 4) is 44.7 Å². The minimum Gasteiger partial charge on any atom is -0.455 e. The van der Waals surface area contributed by atoms with E-state index in [1.807, 2.05) is 24.3 Å². The molecule has 0 N–H and O–H groups in total. The van der Waals surface area contributed by atoms with Gasteiger partial charge in [-0.2, -0.15) is 0 Å². The van der Waals surface area contributed by atoms with Crippen molar-refractivity contribution >= 4 is 75.8 Å². The topological polar surface area (TPSA) is 64.7 Å². The van der Waals surface area contributed by atoms with Crippen molar-refractivity contribution in [3.63, 3.8) is 0 Å².